The zero-order chi connectivity index (χ0) is 15.8. The first-order valence-corrected chi connectivity index (χ1v) is 7.22. The Hall–Kier alpha value is -1.62. The van der Waals surface area contributed by atoms with Crippen LogP contribution in [0.2, 0.25) is 5.02 Å². The van der Waals surface area contributed by atoms with Gasteiger partial charge in [-0.15, -0.1) is 0 Å². The molecular formula is C15H18ClFN2O2. The highest BCUT2D eigenvalue weighted by molar-refractivity contribution is 6.31. The number of carbonyl (C=O) groups is 2. The van der Waals surface area contributed by atoms with Gasteiger partial charge in [-0.25, -0.2) is 4.39 Å². The van der Waals surface area contributed by atoms with Gasteiger partial charge in [-0.3, -0.25) is 9.59 Å². The van der Waals surface area contributed by atoms with Crippen molar-refractivity contribution in [2.75, 3.05) is 0 Å². The van der Waals surface area contributed by atoms with E-state index in [4.69, 9.17) is 11.6 Å². The number of halogens is 2. The van der Waals surface area contributed by atoms with Crippen molar-refractivity contribution in [2.24, 2.45) is 0 Å². The quantitative estimate of drug-likeness (QED) is 0.932. The predicted molar refractivity (Wildman–Crippen MR) is 78.3 cm³/mol. The Morgan fingerprint density at radius 2 is 2.05 bits per heavy atom. The lowest BCUT2D eigenvalue weighted by Crippen LogP contribution is -2.67. The lowest BCUT2D eigenvalue weighted by molar-refractivity contribution is -0.156. The van der Waals surface area contributed by atoms with Gasteiger partial charge in [-0.2, -0.15) is 0 Å². The first-order valence-electron chi connectivity index (χ1n) is 6.84. The van der Waals surface area contributed by atoms with Crippen molar-refractivity contribution in [3.63, 3.8) is 0 Å². The van der Waals surface area contributed by atoms with Crippen molar-refractivity contribution in [3.8, 4) is 0 Å². The molecule has 4 nitrogen and oxygen atoms in total. The highest BCUT2D eigenvalue weighted by Crippen LogP contribution is 2.28. The molecule has 0 radical (unpaired) electrons. The first-order chi connectivity index (χ1) is 9.78. The molecule has 1 aromatic carbocycles. The first kappa shape index (κ1) is 15.8. The van der Waals surface area contributed by atoms with Crippen LogP contribution in [0.1, 0.15) is 32.8 Å². The van der Waals surface area contributed by atoms with Gasteiger partial charge in [0.2, 0.25) is 11.8 Å². The second-order valence-electron chi connectivity index (χ2n) is 5.62. The lowest BCUT2D eigenvalue weighted by Gasteiger charge is -2.44. The predicted octanol–water partition coefficient (Wildman–Crippen LogP) is 2.49. The van der Waals surface area contributed by atoms with Gasteiger partial charge in [-0.05, 0) is 32.4 Å². The lowest BCUT2D eigenvalue weighted by atomic mass is 9.94. The zero-order valence-electron chi connectivity index (χ0n) is 12.2. The Morgan fingerprint density at radius 3 is 2.62 bits per heavy atom. The summed E-state index contributed by atoms with van der Waals surface area (Å²) in [5.41, 5.74) is -0.820. The molecule has 0 aliphatic carbocycles. The minimum absolute atomic E-state index is 0.0265. The number of nitrogens with one attached hydrogen (secondary N) is 1. The molecule has 1 aliphatic rings. The van der Waals surface area contributed by atoms with Crippen LogP contribution in [0.5, 0.6) is 0 Å². The molecule has 0 aromatic heterocycles. The minimum Gasteiger partial charge on any atom is -0.342 e. The second-order valence-corrected chi connectivity index (χ2v) is 6.03. The van der Waals surface area contributed by atoms with E-state index in [0.29, 0.717) is 6.42 Å². The van der Waals surface area contributed by atoms with Gasteiger partial charge in [0.05, 0.1) is 6.54 Å². The molecule has 1 unspecified atom stereocenters. The van der Waals surface area contributed by atoms with Crippen LogP contribution in [0.4, 0.5) is 4.39 Å². The third kappa shape index (κ3) is 2.75. The summed E-state index contributed by atoms with van der Waals surface area (Å²) in [4.78, 5) is 26.1. The van der Waals surface area contributed by atoms with E-state index in [1.165, 1.54) is 17.0 Å². The van der Waals surface area contributed by atoms with E-state index < -0.39 is 17.4 Å². The highest BCUT2D eigenvalue weighted by atomic mass is 35.5. The fraction of sp³-hybridized carbons (Fsp3) is 0.467. The van der Waals surface area contributed by atoms with Gasteiger partial charge in [-0.1, -0.05) is 24.6 Å². The molecule has 1 aromatic rings. The highest BCUT2D eigenvalue weighted by Gasteiger charge is 2.45. The smallest absolute Gasteiger partial charge is 0.246 e. The fourth-order valence-corrected chi connectivity index (χ4v) is 2.60. The average Bonchev–Trinajstić information content (AvgIpc) is 2.42. The van der Waals surface area contributed by atoms with Gasteiger partial charge in [0.15, 0.2) is 0 Å². The molecule has 1 fully saturated rings. The van der Waals surface area contributed by atoms with Gasteiger partial charge >= 0.3 is 0 Å². The van der Waals surface area contributed by atoms with Crippen LogP contribution in [-0.4, -0.2) is 28.3 Å². The molecular weight excluding hydrogens is 295 g/mol. The number of carbonyl (C=O) groups excluding carboxylic acids is 2. The van der Waals surface area contributed by atoms with E-state index in [1.54, 1.807) is 19.9 Å². The van der Waals surface area contributed by atoms with Gasteiger partial charge < -0.3 is 10.2 Å². The van der Waals surface area contributed by atoms with Crippen molar-refractivity contribution < 1.29 is 14.0 Å². The number of nitrogens with zero attached hydrogens (tertiary/aromatic N) is 1. The maximum Gasteiger partial charge on any atom is 0.246 e. The number of hydrogen-bond acceptors (Lipinski definition) is 2. The van der Waals surface area contributed by atoms with E-state index >= 15 is 0 Å². The van der Waals surface area contributed by atoms with Crippen molar-refractivity contribution in [3.05, 3.63) is 34.6 Å². The summed E-state index contributed by atoms with van der Waals surface area (Å²) < 4.78 is 13.9. The third-order valence-corrected chi connectivity index (χ3v) is 4.24. The van der Waals surface area contributed by atoms with Crippen LogP contribution in [0.25, 0.3) is 0 Å². The van der Waals surface area contributed by atoms with Crippen LogP contribution >= 0.6 is 11.6 Å². The zero-order valence-corrected chi connectivity index (χ0v) is 13.0. The molecule has 114 valence electrons. The molecule has 2 rings (SSSR count). The van der Waals surface area contributed by atoms with E-state index in [9.17, 15) is 14.0 Å². The second kappa shape index (κ2) is 5.64. The Balaban J connectivity index is 2.39. The van der Waals surface area contributed by atoms with Crippen LogP contribution in [0.3, 0.4) is 0 Å². The van der Waals surface area contributed by atoms with Gasteiger partial charge in [0, 0.05) is 10.6 Å². The van der Waals surface area contributed by atoms with Crippen molar-refractivity contribution in [1.82, 2.24) is 10.2 Å². The molecule has 1 aliphatic heterocycles. The minimum atomic E-state index is -1.05. The number of piperazine rings is 1. The molecule has 0 bridgehead atoms. The number of benzene rings is 1. The summed E-state index contributed by atoms with van der Waals surface area (Å²) in [5.74, 6) is -0.951. The van der Waals surface area contributed by atoms with Crippen LogP contribution in [0, 0.1) is 5.82 Å². The summed E-state index contributed by atoms with van der Waals surface area (Å²) in [6.45, 7) is 5.07. The number of rotatable bonds is 3. The Bertz CT molecular complexity index is 569. The summed E-state index contributed by atoms with van der Waals surface area (Å²) in [5, 5.41) is 2.94. The third-order valence-electron chi connectivity index (χ3n) is 3.89. The largest absolute Gasteiger partial charge is 0.342 e. The SMILES string of the molecule is CCC1NC(=O)C(C)(C)N(Cc2c(F)cccc2Cl)C1=O. The molecule has 6 heteroatoms. The molecule has 21 heavy (non-hydrogen) atoms. The molecule has 1 atom stereocenters. The summed E-state index contributed by atoms with van der Waals surface area (Å²) in [7, 11) is 0. The van der Waals surface area contributed by atoms with E-state index in [1.807, 2.05) is 6.92 Å². The van der Waals surface area contributed by atoms with Crippen molar-refractivity contribution in [1.29, 1.82) is 0 Å². The molecule has 0 spiro atoms. The average molecular weight is 313 g/mol. The van der Waals surface area contributed by atoms with Crippen LogP contribution in [-0.2, 0) is 16.1 Å². The molecule has 0 saturated carbocycles. The van der Waals surface area contributed by atoms with Gasteiger partial charge in [0.25, 0.3) is 0 Å². The topological polar surface area (TPSA) is 49.4 Å². The Kier molecular flexibility index (Phi) is 4.23. The van der Waals surface area contributed by atoms with Gasteiger partial charge in [0.1, 0.15) is 17.4 Å². The fourth-order valence-electron chi connectivity index (χ4n) is 2.38. The summed E-state index contributed by atoms with van der Waals surface area (Å²) >= 11 is 6.02. The monoisotopic (exact) mass is 312 g/mol. The Labute approximate surface area is 128 Å². The number of amides is 2. The standard InChI is InChI=1S/C15H18ClFN2O2/c1-4-12-13(20)19(15(2,3)14(21)18-12)8-9-10(16)6-5-7-11(9)17/h5-7,12H,4,8H2,1-3H3,(H,18,21). The Morgan fingerprint density at radius 1 is 1.38 bits per heavy atom. The number of hydrogen-bond donors (Lipinski definition) is 1. The normalized spacial score (nSPS) is 21.4. The van der Waals surface area contributed by atoms with Crippen LogP contribution < -0.4 is 5.32 Å². The molecule has 1 heterocycles. The van der Waals surface area contributed by atoms with Crippen molar-refractivity contribution in [2.45, 2.75) is 45.3 Å². The van der Waals surface area contributed by atoms with E-state index in [-0.39, 0.29) is 28.9 Å². The van der Waals surface area contributed by atoms with Crippen LogP contribution in [0.15, 0.2) is 18.2 Å². The maximum atomic E-state index is 13.9. The summed E-state index contributed by atoms with van der Waals surface area (Å²) in [6, 6.07) is 3.79. The summed E-state index contributed by atoms with van der Waals surface area (Å²) in [6.07, 6.45) is 0.488. The van der Waals surface area contributed by atoms with E-state index in [0.717, 1.165) is 0 Å². The van der Waals surface area contributed by atoms with Crippen molar-refractivity contribution >= 4 is 23.4 Å². The molecule has 2 amide bonds. The van der Waals surface area contributed by atoms with E-state index in [2.05, 4.69) is 5.32 Å². The maximum absolute atomic E-state index is 13.9. The molecule has 1 saturated heterocycles. The molecule has 1 N–H and O–H groups in total.